The summed E-state index contributed by atoms with van der Waals surface area (Å²) < 4.78 is 91.7. The molecule has 0 aromatic heterocycles. The van der Waals surface area contributed by atoms with E-state index in [9.17, 15) is 30.7 Å². The molecule has 90 valence electrons. The average Bonchev–Trinajstić information content (AvgIpc) is 2.35. The van der Waals surface area contributed by atoms with Crippen LogP contribution in [-0.2, 0) is 0 Å². The molecule has 0 radical (unpaired) electrons. The summed E-state index contributed by atoms with van der Waals surface area (Å²) in [5.74, 6) is -14.1. The Morgan fingerprint density at radius 2 is 0.778 bits per heavy atom. The van der Waals surface area contributed by atoms with Crippen LogP contribution in [0.2, 0.25) is 0 Å². The van der Waals surface area contributed by atoms with Gasteiger partial charge in [-0.15, -0.1) is 0 Å². The Morgan fingerprint density at radius 1 is 0.444 bits per heavy atom. The maximum atomic E-state index is 13.5. The Morgan fingerprint density at radius 3 is 1.22 bits per heavy atom. The number of hydrogen-bond donors (Lipinski definition) is 0. The van der Waals surface area contributed by atoms with E-state index in [1.165, 1.54) is 0 Å². The maximum absolute atomic E-state index is 13.5. The van der Waals surface area contributed by atoms with E-state index in [0.29, 0.717) is 0 Å². The topological polar surface area (TPSA) is 0 Å². The molecule has 2 aromatic rings. The van der Waals surface area contributed by atoms with Crippen molar-refractivity contribution in [3.8, 4) is 0 Å². The van der Waals surface area contributed by atoms with E-state index in [1.54, 1.807) is 0 Å². The minimum atomic E-state index is -2.32. The van der Waals surface area contributed by atoms with Gasteiger partial charge in [-0.1, -0.05) is 0 Å². The van der Waals surface area contributed by atoms with Gasteiger partial charge in [0.1, 0.15) is 0 Å². The minimum absolute atomic E-state index is 0.746. The quantitative estimate of drug-likeness (QED) is 0.303. The van der Waals surface area contributed by atoms with E-state index in [-0.39, 0.29) is 0 Å². The molecule has 2 aromatic carbocycles. The van der Waals surface area contributed by atoms with Gasteiger partial charge in [0.15, 0.2) is 0 Å². The predicted octanol–water partition coefficient (Wildman–Crippen LogP) is 2.61. The summed E-state index contributed by atoms with van der Waals surface area (Å²) in [5.41, 5.74) is 0. The second-order valence-electron chi connectivity index (χ2n) is 3.57. The van der Waals surface area contributed by atoms with Crippen molar-refractivity contribution in [2.45, 2.75) is 0 Å². The van der Waals surface area contributed by atoms with Gasteiger partial charge in [-0.2, -0.15) is 0 Å². The summed E-state index contributed by atoms with van der Waals surface area (Å²) in [5, 5.41) is -2.97. The van der Waals surface area contributed by atoms with Crippen LogP contribution in [0.1, 0.15) is 0 Å². The third-order valence-electron chi connectivity index (χ3n) is 2.56. The molecule has 0 fully saturated rings. The molecule has 0 amide bonds. The zero-order valence-corrected chi connectivity index (χ0v) is 11.8. The van der Waals surface area contributed by atoms with E-state index in [2.05, 4.69) is 0 Å². The predicted molar refractivity (Wildman–Crippen MR) is 49.0 cm³/mol. The molecular weight excluding hydrogens is 292 g/mol. The molecule has 0 bridgehead atoms. The van der Waals surface area contributed by atoms with E-state index in [0.717, 1.165) is 0 Å². The summed E-state index contributed by atoms with van der Waals surface area (Å²) in [6.45, 7) is 0. The van der Waals surface area contributed by atoms with E-state index in [1.807, 2.05) is 0 Å². The SMILES string of the molecule is Fc1c(F)c(F)c2c(F)[c]([K])c(F)c(F)c2c1F. The molecule has 0 unspecified atom stereocenters. The Labute approximate surface area is 129 Å². The van der Waals surface area contributed by atoms with Crippen LogP contribution in [0.4, 0.5) is 30.7 Å². The molecule has 0 spiro atoms. The fourth-order valence-electron chi connectivity index (χ4n) is 1.60. The van der Waals surface area contributed by atoms with Gasteiger partial charge < -0.3 is 0 Å². The second-order valence-corrected chi connectivity index (χ2v) is 5.13. The molecule has 0 nitrogen and oxygen atoms in total. The summed E-state index contributed by atoms with van der Waals surface area (Å²) >= 11 is -0.746. The average molecular weight is 292 g/mol. The van der Waals surface area contributed by atoms with Gasteiger partial charge in [0.2, 0.25) is 0 Å². The summed E-state index contributed by atoms with van der Waals surface area (Å²) in [6, 6.07) is 0. The molecule has 8 heteroatoms. The van der Waals surface area contributed by atoms with Gasteiger partial charge in [0, 0.05) is 0 Å². The first-order chi connectivity index (χ1) is 8.29. The molecule has 0 heterocycles. The molecule has 0 saturated carbocycles. The molecule has 0 saturated heterocycles. The number of rotatable bonds is 0. The molecule has 0 aliphatic carbocycles. The first-order valence-corrected chi connectivity index (χ1v) is 6.13. The van der Waals surface area contributed by atoms with E-state index >= 15 is 0 Å². The van der Waals surface area contributed by atoms with Gasteiger partial charge in [0.25, 0.3) is 0 Å². The second kappa shape index (κ2) is 4.75. The van der Waals surface area contributed by atoms with Crippen LogP contribution in [0.15, 0.2) is 0 Å². The molecule has 0 aliphatic heterocycles. The van der Waals surface area contributed by atoms with Crippen LogP contribution >= 0.6 is 0 Å². The molecule has 0 N–H and O–H groups in total. The Kier molecular flexibility index (Phi) is 3.76. The molecule has 18 heavy (non-hydrogen) atoms. The molecule has 0 aliphatic rings. The van der Waals surface area contributed by atoms with Crippen molar-refractivity contribution in [3.05, 3.63) is 40.7 Å². The number of hydrogen-bond acceptors (Lipinski definition) is 0. The normalized spacial score (nSPS) is 11.4. The van der Waals surface area contributed by atoms with Crippen LogP contribution in [0.5, 0.6) is 0 Å². The molecule has 2 rings (SSSR count). The number of benzene rings is 2. The van der Waals surface area contributed by atoms with Crippen molar-refractivity contribution in [3.63, 3.8) is 0 Å². The van der Waals surface area contributed by atoms with Crippen LogP contribution in [0.25, 0.3) is 10.8 Å². The van der Waals surface area contributed by atoms with Crippen molar-refractivity contribution >= 4 is 59.4 Å². The monoisotopic (exact) mass is 292 g/mol. The van der Waals surface area contributed by atoms with Gasteiger partial charge in [-0.05, 0) is 0 Å². The Balaban J connectivity index is 3.22. The van der Waals surface area contributed by atoms with Crippen molar-refractivity contribution in [1.29, 1.82) is 0 Å². The number of halogens is 7. The van der Waals surface area contributed by atoms with Crippen LogP contribution in [0.3, 0.4) is 0 Å². The van der Waals surface area contributed by atoms with Crippen LogP contribution < -0.4 is -0.342 Å². The molecular formula is C10F7K. The van der Waals surface area contributed by atoms with Gasteiger partial charge >= 0.3 is 131 Å². The van der Waals surface area contributed by atoms with Crippen LogP contribution in [-0.4, -0.2) is 49.0 Å². The number of fused-ring (bicyclic) bond motifs is 1. The van der Waals surface area contributed by atoms with Gasteiger partial charge in [-0.25, -0.2) is 0 Å². The third kappa shape index (κ3) is 1.82. The van der Waals surface area contributed by atoms with Crippen molar-refractivity contribution in [1.82, 2.24) is 0 Å². The summed E-state index contributed by atoms with van der Waals surface area (Å²) in [7, 11) is 0. The first-order valence-electron chi connectivity index (χ1n) is 4.57. The summed E-state index contributed by atoms with van der Waals surface area (Å²) in [4.78, 5) is 0. The Hall–Kier alpha value is -0.154. The first kappa shape index (κ1) is 14.3. The van der Waals surface area contributed by atoms with Crippen molar-refractivity contribution in [2.75, 3.05) is 0 Å². The molecule has 0 atom stereocenters. The third-order valence-corrected chi connectivity index (χ3v) is 3.93. The van der Waals surface area contributed by atoms with Crippen molar-refractivity contribution < 1.29 is 30.7 Å². The van der Waals surface area contributed by atoms with E-state index < -0.39 is 100 Å². The van der Waals surface area contributed by atoms with Crippen LogP contribution in [0, 0.1) is 40.7 Å². The zero-order chi connectivity index (χ0) is 13.8. The summed E-state index contributed by atoms with van der Waals surface area (Å²) in [6.07, 6.45) is 0. The Bertz CT molecular complexity index is 567. The van der Waals surface area contributed by atoms with Gasteiger partial charge in [0.05, 0.1) is 0 Å². The van der Waals surface area contributed by atoms with Crippen molar-refractivity contribution in [2.24, 2.45) is 0 Å². The fraction of sp³-hybridized carbons (Fsp3) is 0. The fourth-order valence-corrected chi connectivity index (χ4v) is 2.34. The standard InChI is InChI=1S/C10F7.K/c11-2-1-3(12)6(13)5-4(2)7(14)9(16)10(17)8(5)15;. The van der Waals surface area contributed by atoms with Gasteiger partial charge in [-0.3, -0.25) is 0 Å². The zero-order valence-electron chi connectivity index (χ0n) is 8.65. The van der Waals surface area contributed by atoms with E-state index in [4.69, 9.17) is 0 Å².